The minimum absolute atomic E-state index is 0.0851. The van der Waals surface area contributed by atoms with Crippen molar-refractivity contribution in [1.29, 1.82) is 0 Å². The molecule has 0 bridgehead atoms. The maximum absolute atomic E-state index is 12.2. The molecule has 116 valence electrons. The summed E-state index contributed by atoms with van der Waals surface area (Å²) in [4.78, 5) is 13.8. The molecule has 0 atom stereocenters. The van der Waals surface area contributed by atoms with Crippen LogP contribution in [0.2, 0.25) is 0 Å². The number of carbonyl (C=O) groups excluding carboxylic acids is 1. The van der Waals surface area contributed by atoms with E-state index in [2.05, 4.69) is 0 Å². The summed E-state index contributed by atoms with van der Waals surface area (Å²) < 4.78 is 28.9. The number of carbonyl (C=O) groups is 1. The molecule has 1 saturated heterocycles. The molecule has 1 aliphatic rings. The normalized spacial score (nSPS) is 15.9. The predicted octanol–water partition coefficient (Wildman–Crippen LogP) is 1.73. The van der Waals surface area contributed by atoms with E-state index >= 15 is 0 Å². The summed E-state index contributed by atoms with van der Waals surface area (Å²) in [5, 5.41) is -0.407. The number of hydrogen-bond acceptors (Lipinski definition) is 4. The number of nitrogens with zero attached hydrogens (tertiary/aromatic N) is 1. The highest BCUT2D eigenvalue weighted by atomic mass is 32.2. The molecule has 1 heterocycles. The molecule has 1 amide bonds. The topological polar surface area (TPSA) is 63.7 Å². The Morgan fingerprint density at radius 1 is 1.29 bits per heavy atom. The lowest BCUT2D eigenvalue weighted by atomic mass is 10.1. The lowest BCUT2D eigenvalue weighted by Crippen LogP contribution is -2.57. The zero-order chi connectivity index (χ0) is 15.6. The average Bonchev–Trinajstić information content (AvgIpc) is 2.36. The molecule has 2 rings (SSSR count). The lowest BCUT2D eigenvalue weighted by Gasteiger charge is -2.38. The van der Waals surface area contributed by atoms with Crippen LogP contribution in [-0.4, -0.2) is 49.4 Å². The van der Waals surface area contributed by atoms with E-state index in [0.29, 0.717) is 18.7 Å². The fourth-order valence-electron chi connectivity index (χ4n) is 2.20. The Balaban J connectivity index is 1.96. The standard InChI is InChI=1S/C15H21NO4S/c1-4-21(18,19)14-9-16(10-14)15(17)12-5-7-13(8-6-12)20-11(2)3/h5-8,11,14H,4,9-10H2,1-3H3. The van der Waals surface area contributed by atoms with Crippen molar-refractivity contribution in [3.05, 3.63) is 29.8 Å². The van der Waals surface area contributed by atoms with Crippen molar-refractivity contribution in [2.75, 3.05) is 18.8 Å². The van der Waals surface area contributed by atoms with Crippen LogP contribution in [0.25, 0.3) is 0 Å². The Bertz CT molecular complexity index is 601. The maximum atomic E-state index is 12.2. The minimum atomic E-state index is -3.04. The molecule has 1 aliphatic heterocycles. The van der Waals surface area contributed by atoms with Gasteiger partial charge in [-0.2, -0.15) is 0 Å². The first-order chi connectivity index (χ1) is 9.83. The smallest absolute Gasteiger partial charge is 0.253 e. The first kappa shape index (κ1) is 15.8. The molecule has 0 N–H and O–H groups in total. The largest absolute Gasteiger partial charge is 0.491 e. The summed E-state index contributed by atoms with van der Waals surface area (Å²) in [7, 11) is -3.04. The van der Waals surface area contributed by atoms with E-state index < -0.39 is 15.1 Å². The van der Waals surface area contributed by atoms with Gasteiger partial charge >= 0.3 is 0 Å². The van der Waals surface area contributed by atoms with Crippen LogP contribution in [0, 0.1) is 0 Å². The number of ether oxygens (including phenoxy) is 1. The third-order valence-electron chi connectivity index (χ3n) is 3.52. The molecule has 0 radical (unpaired) electrons. The fraction of sp³-hybridized carbons (Fsp3) is 0.533. The number of hydrogen-bond donors (Lipinski definition) is 0. The molecule has 0 spiro atoms. The average molecular weight is 311 g/mol. The van der Waals surface area contributed by atoms with Crippen LogP contribution in [0.15, 0.2) is 24.3 Å². The van der Waals surface area contributed by atoms with Crippen LogP contribution < -0.4 is 4.74 Å². The summed E-state index contributed by atoms with van der Waals surface area (Å²) in [6, 6.07) is 6.93. The molecule has 0 aliphatic carbocycles. The Morgan fingerprint density at radius 2 is 1.86 bits per heavy atom. The second-order valence-corrected chi connectivity index (χ2v) is 8.04. The Hall–Kier alpha value is -1.56. The van der Waals surface area contributed by atoms with E-state index in [4.69, 9.17) is 4.74 Å². The summed E-state index contributed by atoms with van der Waals surface area (Å²) >= 11 is 0. The summed E-state index contributed by atoms with van der Waals surface area (Å²) in [5.41, 5.74) is 0.554. The summed E-state index contributed by atoms with van der Waals surface area (Å²) in [5.74, 6) is 0.714. The second kappa shape index (κ2) is 6.05. The zero-order valence-corrected chi connectivity index (χ0v) is 13.4. The van der Waals surface area contributed by atoms with Crippen molar-refractivity contribution in [3.8, 4) is 5.75 Å². The number of amides is 1. The van der Waals surface area contributed by atoms with Gasteiger partial charge in [-0.25, -0.2) is 8.42 Å². The highest BCUT2D eigenvalue weighted by Gasteiger charge is 2.38. The SMILES string of the molecule is CCS(=O)(=O)C1CN(C(=O)c2ccc(OC(C)C)cc2)C1. The van der Waals surface area contributed by atoms with Gasteiger partial charge in [0.15, 0.2) is 9.84 Å². The quantitative estimate of drug-likeness (QED) is 0.831. The number of benzene rings is 1. The van der Waals surface area contributed by atoms with Gasteiger partial charge in [0.05, 0.1) is 11.4 Å². The van der Waals surface area contributed by atoms with Crippen molar-refractivity contribution in [3.63, 3.8) is 0 Å². The molecular weight excluding hydrogens is 290 g/mol. The van der Waals surface area contributed by atoms with Gasteiger partial charge in [0.1, 0.15) is 5.75 Å². The van der Waals surface area contributed by atoms with Gasteiger partial charge in [0.2, 0.25) is 0 Å². The van der Waals surface area contributed by atoms with Gasteiger partial charge < -0.3 is 9.64 Å². The lowest BCUT2D eigenvalue weighted by molar-refractivity contribution is 0.0659. The number of rotatable bonds is 5. The molecule has 21 heavy (non-hydrogen) atoms. The zero-order valence-electron chi connectivity index (χ0n) is 12.6. The van der Waals surface area contributed by atoms with Crippen LogP contribution in [0.5, 0.6) is 5.75 Å². The second-order valence-electron chi connectivity index (χ2n) is 5.47. The third-order valence-corrected chi connectivity index (χ3v) is 5.64. The van der Waals surface area contributed by atoms with Crippen molar-refractivity contribution in [1.82, 2.24) is 4.90 Å². The first-order valence-corrected chi connectivity index (χ1v) is 8.82. The molecule has 1 aromatic rings. The van der Waals surface area contributed by atoms with E-state index in [1.165, 1.54) is 0 Å². The maximum Gasteiger partial charge on any atom is 0.253 e. The van der Waals surface area contributed by atoms with Crippen molar-refractivity contribution in [2.24, 2.45) is 0 Å². The van der Waals surface area contributed by atoms with Crippen molar-refractivity contribution in [2.45, 2.75) is 32.1 Å². The van der Waals surface area contributed by atoms with Gasteiger partial charge in [-0.05, 0) is 38.1 Å². The Labute approximate surface area is 125 Å². The number of likely N-dealkylation sites (tertiary alicyclic amines) is 1. The summed E-state index contributed by atoms with van der Waals surface area (Å²) in [6.45, 7) is 6.09. The highest BCUT2D eigenvalue weighted by Crippen LogP contribution is 2.21. The van der Waals surface area contributed by atoms with Crippen molar-refractivity contribution >= 4 is 15.7 Å². The van der Waals surface area contributed by atoms with Gasteiger partial charge in [-0.3, -0.25) is 4.79 Å². The van der Waals surface area contributed by atoms with Crippen LogP contribution in [0.4, 0.5) is 0 Å². The van der Waals surface area contributed by atoms with Crippen LogP contribution in [0.1, 0.15) is 31.1 Å². The molecule has 1 fully saturated rings. The molecule has 1 aromatic carbocycles. The molecule has 0 aromatic heterocycles. The van der Waals surface area contributed by atoms with E-state index in [0.717, 1.165) is 5.75 Å². The molecule has 6 heteroatoms. The van der Waals surface area contributed by atoms with Gasteiger partial charge in [-0.1, -0.05) is 6.92 Å². The summed E-state index contributed by atoms with van der Waals surface area (Å²) in [6.07, 6.45) is 0.0851. The molecular formula is C15H21NO4S. The minimum Gasteiger partial charge on any atom is -0.491 e. The van der Waals surface area contributed by atoms with Gasteiger partial charge in [0, 0.05) is 24.4 Å². The molecule has 0 saturated carbocycles. The third kappa shape index (κ3) is 3.56. The van der Waals surface area contributed by atoms with Gasteiger partial charge in [0.25, 0.3) is 5.91 Å². The van der Waals surface area contributed by atoms with Crippen molar-refractivity contribution < 1.29 is 17.9 Å². The van der Waals surface area contributed by atoms with Crippen LogP contribution in [-0.2, 0) is 9.84 Å². The van der Waals surface area contributed by atoms with E-state index in [1.54, 1.807) is 36.1 Å². The van der Waals surface area contributed by atoms with Crippen LogP contribution >= 0.6 is 0 Å². The van der Waals surface area contributed by atoms with Crippen LogP contribution in [0.3, 0.4) is 0 Å². The van der Waals surface area contributed by atoms with E-state index in [1.807, 2.05) is 13.8 Å². The monoisotopic (exact) mass is 311 g/mol. The highest BCUT2D eigenvalue weighted by molar-refractivity contribution is 7.92. The first-order valence-electron chi connectivity index (χ1n) is 7.11. The Kier molecular flexibility index (Phi) is 4.56. The fourth-order valence-corrected chi connectivity index (χ4v) is 3.48. The number of sulfone groups is 1. The molecule has 0 unspecified atom stereocenters. The van der Waals surface area contributed by atoms with Gasteiger partial charge in [-0.15, -0.1) is 0 Å². The van der Waals surface area contributed by atoms with E-state index in [-0.39, 0.29) is 17.8 Å². The van der Waals surface area contributed by atoms with E-state index in [9.17, 15) is 13.2 Å². The Morgan fingerprint density at radius 3 is 2.33 bits per heavy atom. The predicted molar refractivity (Wildman–Crippen MR) is 81.4 cm³/mol. The molecule has 5 nitrogen and oxygen atoms in total.